The van der Waals surface area contributed by atoms with E-state index in [2.05, 4.69) is 22.0 Å². The summed E-state index contributed by atoms with van der Waals surface area (Å²) in [5.74, 6) is -4.00. The van der Waals surface area contributed by atoms with E-state index >= 15 is 0 Å². The van der Waals surface area contributed by atoms with Gasteiger partial charge in [0.25, 0.3) is 0 Å². The molecule has 0 aromatic heterocycles. The molecule has 2 unspecified atom stereocenters. The molecule has 0 aliphatic carbocycles. The van der Waals surface area contributed by atoms with Crippen molar-refractivity contribution in [2.75, 3.05) is 6.61 Å². The molecule has 2 aromatic carbocycles. The maximum Gasteiger partial charge on any atom is 0.302 e. The fourth-order valence-electron chi connectivity index (χ4n) is 2.73. The zero-order valence-corrected chi connectivity index (χ0v) is 15.4. The average Bonchev–Trinajstić information content (AvgIpc) is 2.59. The molecule has 0 saturated carbocycles. The van der Waals surface area contributed by atoms with Gasteiger partial charge in [-0.3, -0.25) is 4.79 Å². The van der Waals surface area contributed by atoms with Gasteiger partial charge in [-0.25, -0.2) is 13.2 Å². The maximum absolute atomic E-state index is 14.3. The Labute approximate surface area is 157 Å². The number of hydrogen-bond acceptors (Lipinski definition) is 3. The number of hydrogen-bond donors (Lipinski definition) is 0. The lowest BCUT2D eigenvalue weighted by molar-refractivity contribution is -0.141. The number of halogens is 4. The molecule has 7 heteroatoms. The van der Waals surface area contributed by atoms with Crippen LogP contribution in [-0.2, 0) is 9.53 Å². The molecule has 0 heterocycles. The van der Waals surface area contributed by atoms with Crippen molar-refractivity contribution in [2.45, 2.75) is 25.2 Å². The topological polar surface area (TPSA) is 50.1 Å². The summed E-state index contributed by atoms with van der Waals surface area (Å²) in [5.41, 5.74) is 0.446. The molecule has 0 spiro atoms. The molecule has 0 fully saturated rings. The number of nitrogens with zero attached hydrogens (tertiary/aromatic N) is 1. The Morgan fingerprint density at radius 2 is 1.88 bits per heavy atom. The summed E-state index contributed by atoms with van der Waals surface area (Å²) in [5, 5.41) is 9.66. The number of nitriles is 1. The van der Waals surface area contributed by atoms with Crippen LogP contribution in [0.2, 0.25) is 0 Å². The van der Waals surface area contributed by atoms with E-state index in [9.17, 15) is 23.2 Å². The van der Waals surface area contributed by atoms with Gasteiger partial charge in [0.2, 0.25) is 0 Å². The van der Waals surface area contributed by atoms with Gasteiger partial charge in [0.05, 0.1) is 23.1 Å². The van der Waals surface area contributed by atoms with Crippen molar-refractivity contribution in [3.8, 4) is 6.07 Å². The van der Waals surface area contributed by atoms with Crippen molar-refractivity contribution in [1.29, 1.82) is 5.26 Å². The lowest BCUT2D eigenvalue weighted by Gasteiger charge is -2.23. The molecule has 2 rings (SSSR count). The van der Waals surface area contributed by atoms with E-state index in [-0.39, 0.29) is 23.1 Å². The second-order valence-electron chi connectivity index (χ2n) is 5.68. The Bertz CT molecular complexity index is 851. The highest BCUT2D eigenvalue weighted by molar-refractivity contribution is 9.10. The first-order chi connectivity index (χ1) is 12.3. The molecule has 2 atom stereocenters. The molecular weight excluding hydrogens is 411 g/mol. The normalized spacial score (nSPS) is 12.9. The van der Waals surface area contributed by atoms with E-state index < -0.39 is 35.3 Å². The van der Waals surface area contributed by atoms with Crippen LogP contribution in [0.15, 0.2) is 40.9 Å². The Kier molecular flexibility index (Phi) is 6.81. The van der Waals surface area contributed by atoms with E-state index in [0.29, 0.717) is 5.56 Å². The van der Waals surface area contributed by atoms with Crippen molar-refractivity contribution >= 4 is 21.9 Å². The highest BCUT2D eigenvalue weighted by Gasteiger charge is 2.28. The summed E-state index contributed by atoms with van der Waals surface area (Å²) in [6.07, 6.45) is 0.104. The third kappa shape index (κ3) is 4.85. The van der Waals surface area contributed by atoms with E-state index in [1.54, 1.807) is 0 Å². The number of rotatable bonds is 6. The number of carbonyl (C=O) groups is 1. The first-order valence-corrected chi connectivity index (χ1v) is 8.55. The number of carbonyl (C=O) groups excluding carboxylic acids is 1. The van der Waals surface area contributed by atoms with Crippen molar-refractivity contribution in [3.05, 3.63) is 69.4 Å². The second kappa shape index (κ2) is 8.86. The quantitative estimate of drug-likeness (QED) is 0.596. The SMILES string of the molecule is CC(=O)OCCC(c1cc(F)ccc1F)C(C#N)c1ccc(F)c(Br)c1. The molecular formula is C19H15BrF3NO2. The van der Waals surface area contributed by atoms with Crippen LogP contribution in [0, 0.1) is 28.8 Å². The average molecular weight is 426 g/mol. The van der Waals surface area contributed by atoms with Gasteiger partial charge >= 0.3 is 5.97 Å². The van der Waals surface area contributed by atoms with Crippen molar-refractivity contribution in [2.24, 2.45) is 0 Å². The molecule has 2 aromatic rings. The summed E-state index contributed by atoms with van der Waals surface area (Å²) in [4.78, 5) is 11.0. The summed E-state index contributed by atoms with van der Waals surface area (Å²) < 4.78 is 46.5. The standard InChI is InChI=1S/C19H15BrF3NO2/c1-11(25)26-7-6-14(15-9-13(21)3-5-18(15)22)16(10-24)12-2-4-19(23)17(20)8-12/h2-5,8-9,14,16H,6-7H2,1H3. The number of esters is 1. The summed E-state index contributed by atoms with van der Waals surface area (Å²) in [6.45, 7) is 1.17. The van der Waals surface area contributed by atoms with Crippen LogP contribution in [-0.4, -0.2) is 12.6 Å². The minimum Gasteiger partial charge on any atom is -0.466 e. The summed E-state index contributed by atoms with van der Waals surface area (Å²) >= 11 is 3.06. The molecule has 0 aliphatic rings. The van der Waals surface area contributed by atoms with Gasteiger partial charge in [-0.2, -0.15) is 5.26 Å². The molecule has 0 radical (unpaired) electrons. The first-order valence-electron chi connectivity index (χ1n) is 7.76. The zero-order valence-electron chi connectivity index (χ0n) is 13.8. The van der Waals surface area contributed by atoms with E-state index in [1.807, 2.05) is 0 Å². The minimum absolute atomic E-state index is 0.00384. The van der Waals surface area contributed by atoms with Gasteiger partial charge in [0.1, 0.15) is 17.5 Å². The molecule has 0 amide bonds. The fraction of sp³-hybridized carbons (Fsp3) is 0.263. The maximum atomic E-state index is 14.3. The third-order valence-electron chi connectivity index (χ3n) is 3.94. The van der Waals surface area contributed by atoms with Gasteiger partial charge in [0.15, 0.2) is 0 Å². The van der Waals surface area contributed by atoms with Gasteiger partial charge in [-0.15, -0.1) is 0 Å². The van der Waals surface area contributed by atoms with Crippen LogP contribution in [0.4, 0.5) is 13.2 Å². The van der Waals surface area contributed by atoms with Crippen LogP contribution in [0.25, 0.3) is 0 Å². The lowest BCUT2D eigenvalue weighted by Crippen LogP contribution is -2.15. The molecule has 0 bridgehead atoms. The molecule has 136 valence electrons. The van der Waals surface area contributed by atoms with Crippen LogP contribution >= 0.6 is 15.9 Å². The van der Waals surface area contributed by atoms with Crippen molar-refractivity contribution < 1.29 is 22.7 Å². The van der Waals surface area contributed by atoms with Crippen LogP contribution in [0.1, 0.15) is 36.3 Å². The monoisotopic (exact) mass is 425 g/mol. The van der Waals surface area contributed by atoms with Crippen molar-refractivity contribution in [3.63, 3.8) is 0 Å². The molecule has 0 N–H and O–H groups in total. The van der Waals surface area contributed by atoms with E-state index in [1.165, 1.54) is 25.1 Å². The second-order valence-corrected chi connectivity index (χ2v) is 6.54. The van der Waals surface area contributed by atoms with Gasteiger partial charge in [-0.05, 0) is 63.8 Å². The smallest absolute Gasteiger partial charge is 0.302 e. The Morgan fingerprint density at radius 1 is 1.19 bits per heavy atom. The third-order valence-corrected chi connectivity index (χ3v) is 4.54. The summed E-state index contributed by atoms with van der Waals surface area (Å²) in [7, 11) is 0. The largest absolute Gasteiger partial charge is 0.466 e. The van der Waals surface area contributed by atoms with Gasteiger partial charge in [-0.1, -0.05) is 6.07 Å². The van der Waals surface area contributed by atoms with Gasteiger partial charge < -0.3 is 4.74 Å². The predicted molar refractivity (Wildman–Crippen MR) is 92.8 cm³/mol. The highest BCUT2D eigenvalue weighted by atomic mass is 79.9. The first kappa shape index (κ1) is 20.0. The number of ether oxygens (including phenoxy) is 1. The Balaban J connectivity index is 2.46. The molecule has 26 heavy (non-hydrogen) atoms. The van der Waals surface area contributed by atoms with Crippen LogP contribution in [0.3, 0.4) is 0 Å². The van der Waals surface area contributed by atoms with Crippen LogP contribution < -0.4 is 0 Å². The van der Waals surface area contributed by atoms with Gasteiger partial charge in [0, 0.05) is 12.8 Å². The zero-order chi connectivity index (χ0) is 19.3. The Morgan fingerprint density at radius 3 is 2.50 bits per heavy atom. The minimum atomic E-state index is -0.890. The molecule has 0 aliphatic heterocycles. The van der Waals surface area contributed by atoms with E-state index in [0.717, 1.165) is 18.2 Å². The molecule has 0 saturated heterocycles. The predicted octanol–water partition coefficient (Wildman–Crippen LogP) is 5.21. The van der Waals surface area contributed by atoms with E-state index in [4.69, 9.17) is 4.74 Å². The van der Waals surface area contributed by atoms with Crippen molar-refractivity contribution in [1.82, 2.24) is 0 Å². The Hall–Kier alpha value is -2.33. The number of benzene rings is 2. The lowest BCUT2D eigenvalue weighted by atomic mass is 9.80. The molecule has 3 nitrogen and oxygen atoms in total. The van der Waals surface area contributed by atoms with Crippen LogP contribution in [0.5, 0.6) is 0 Å². The summed E-state index contributed by atoms with van der Waals surface area (Å²) in [6, 6.07) is 9.11. The highest BCUT2D eigenvalue weighted by Crippen LogP contribution is 2.38. The fourth-order valence-corrected chi connectivity index (χ4v) is 3.13.